The molecule has 0 aliphatic heterocycles. The molecule has 0 unspecified atom stereocenters. The molecule has 3 aromatic rings. The van der Waals surface area contributed by atoms with Crippen LogP contribution in [0.25, 0.3) is 16.2 Å². The highest BCUT2D eigenvalue weighted by atomic mass is 32.1. The molecular weight excluding hydrogens is 206 g/mol. The molecule has 0 radical (unpaired) electrons. The topological polar surface area (TPSA) is 30.2 Å². The minimum atomic E-state index is 0.976. The van der Waals surface area contributed by atoms with Gasteiger partial charge in [0.15, 0.2) is 0 Å². The van der Waals surface area contributed by atoms with Crippen LogP contribution in [0, 0.1) is 6.92 Å². The van der Waals surface area contributed by atoms with Crippen molar-refractivity contribution in [3.8, 4) is 10.6 Å². The van der Waals surface area contributed by atoms with Crippen molar-refractivity contribution in [1.29, 1.82) is 0 Å². The predicted octanol–water partition coefficient (Wildman–Crippen LogP) is 2.77. The quantitative estimate of drug-likeness (QED) is 0.624. The van der Waals surface area contributed by atoms with Crippen molar-refractivity contribution in [1.82, 2.24) is 14.4 Å². The molecule has 0 aromatic carbocycles. The van der Waals surface area contributed by atoms with Gasteiger partial charge in [-0.2, -0.15) is 0 Å². The van der Waals surface area contributed by atoms with Gasteiger partial charge in [-0.15, -0.1) is 11.3 Å². The van der Waals surface area contributed by atoms with E-state index in [9.17, 15) is 0 Å². The summed E-state index contributed by atoms with van der Waals surface area (Å²) in [5.74, 6) is 0. The molecule has 0 atom stereocenters. The van der Waals surface area contributed by atoms with Gasteiger partial charge < -0.3 is 4.40 Å². The summed E-state index contributed by atoms with van der Waals surface area (Å²) in [7, 11) is 0. The fourth-order valence-corrected chi connectivity index (χ4v) is 2.14. The third-order valence-electron chi connectivity index (χ3n) is 2.28. The van der Waals surface area contributed by atoms with E-state index in [0.717, 1.165) is 16.2 Å². The number of imidazole rings is 1. The van der Waals surface area contributed by atoms with Gasteiger partial charge in [0.05, 0.1) is 10.4 Å². The number of fused-ring (bicyclic) bond motifs is 1. The lowest BCUT2D eigenvalue weighted by Crippen LogP contribution is -1.82. The second kappa shape index (κ2) is 3.17. The Morgan fingerprint density at radius 1 is 1.27 bits per heavy atom. The van der Waals surface area contributed by atoms with Crippen molar-refractivity contribution in [3.63, 3.8) is 0 Å². The van der Waals surface area contributed by atoms with Gasteiger partial charge in [0.2, 0.25) is 0 Å². The molecule has 0 N–H and O–H groups in total. The number of thiazole rings is 1. The highest BCUT2D eigenvalue weighted by Gasteiger charge is 2.04. The van der Waals surface area contributed by atoms with E-state index < -0.39 is 0 Å². The van der Waals surface area contributed by atoms with Crippen LogP contribution in [-0.4, -0.2) is 14.4 Å². The third-order valence-corrected chi connectivity index (χ3v) is 3.08. The van der Waals surface area contributed by atoms with E-state index >= 15 is 0 Å². The number of pyridine rings is 1. The number of hydrogen-bond donors (Lipinski definition) is 0. The molecule has 0 fully saturated rings. The Bertz CT molecular complexity index is 595. The zero-order valence-corrected chi connectivity index (χ0v) is 9.03. The summed E-state index contributed by atoms with van der Waals surface area (Å²) in [5, 5.41) is 0. The molecule has 3 heterocycles. The van der Waals surface area contributed by atoms with Crippen molar-refractivity contribution in [3.05, 3.63) is 41.8 Å². The van der Waals surface area contributed by atoms with Gasteiger partial charge in [0, 0.05) is 18.6 Å². The van der Waals surface area contributed by atoms with Crippen LogP contribution in [0.15, 0.2) is 36.2 Å². The Morgan fingerprint density at radius 2 is 2.20 bits per heavy atom. The minimum Gasteiger partial charge on any atom is -0.306 e. The predicted molar refractivity (Wildman–Crippen MR) is 61.0 cm³/mol. The van der Waals surface area contributed by atoms with Crippen LogP contribution >= 0.6 is 11.3 Å². The fourth-order valence-electron chi connectivity index (χ4n) is 1.56. The molecule has 3 nitrogen and oxygen atoms in total. The van der Waals surface area contributed by atoms with Gasteiger partial charge in [0.25, 0.3) is 0 Å². The largest absolute Gasteiger partial charge is 0.306 e. The van der Waals surface area contributed by atoms with Crippen LogP contribution in [0.1, 0.15) is 5.56 Å². The van der Waals surface area contributed by atoms with Crippen LogP contribution in [0.2, 0.25) is 0 Å². The van der Waals surface area contributed by atoms with Gasteiger partial charge in [-0.05, 0) is 18.6 Å². The molecular formula is C11H9N3S. The Labute approximate surface area is 91.1 Å². The van der Waals surface area contributed by atoms with Crippen molar-refractivity contribution in [2.75, 3.05) is 0 Å². The zero-order chi connectivity index (χ0) is 10.3. The molecule has 3 rings (SSSR count). The summed E-state index contributed by atoms with van der Waals surface area (Å²) in [6, 6.07) is 4.10. The van der Waals surface area contributed by atoms with Crippen LogP contribution in [0.4, 0.5) is 0 Å². The summed E-state index contributed by atoms with van der Waals surface area (Å²) in [4.78, 5) is 9.69. The number of nitrogens with zero attached hydrogens (tertiary/aromatic N) is 3. The second-order valence-electron chi connectivity index (χ2n) is 3.46. The SMILES string of the molecule is Cc1ccc2nc(-c3cncs3)cn2c1. The van der Waals surface area contributed by atoms with E-state index in [0.29, 0.717) is 0 Å². The molecule has 74 valence electrons. The van der Waals surface area contributed by atoms with Crippen LogP contribution < -0.4 is 0 Å². The Hall–Kier alpha value is -1.68. The molecule has 4 heteroatoms. The van der Waals surface area contributed by atoms with E-state index in [1.165, 1.54) is 5.56 Å². The Balaban J connectivity index is 2.22. The Morgan fingerprint density at radius 3 is 3.00 bits per heavy atom. The first-order chi connectivity index (χ1) is 7.33. The lowest BCUT2D eigenvalue weighted by atomic mass is 10.3. The van der Waals surface area contributed by atoms with Crippen LogP contribution in [-0.2, 0) is 0 Å². The fraction of sp³-hybridized carbons (Fsp3) is 0.0909. The van der Waals surface area contributed by atoms with E-state index in [4.69, 9.17) is 0 Å². The monoisotopic (exact) mass is 215 g/mol. The smallest absolute Gasteiger partial charge is 0.137 e. The maximum Gasteiger partial charge on any atom is 0.137 e. The van der Waals surface area contributed by atoms with Crippen LogP contribution in [0.3, 0.4) is 0 Å². The average molecular weight is 215 g/mol. The zero-order valence-electron chi connectivity index (χ0n) is 8.21. The van der Waals surface area contributed by atoms with E-state index in [1.54, 1.807) is 11.3 Å². The average Bonchev–Trinajstić information content (AvgIpc) is 2.84. The molecule has 0 saturated heterocycles. The van der Waals surface area contributed by atoms with Gasteiger partial charge in [-0.1, -0.05) is 6.07 Å². The van der Waals surface area contributed by atoms with Gasteiger partial charge in [0.1, 0.15) is 11.3 Å². The van der Waals surface area contributed by atoms with E-state index in [-0.39, 0.29) is 0 Å². The maximum atomic E-state index is 4.53. The van der Waals surface area contributed by atoms with Crippen molar-refractivity contribution in [2.24, 2.45) is 0 Å². The van der Waals surface area contributed by atoms with Crippen molar-refractivity contribution >= 4 is 17.0 Å². The van der Waals surface area contributed by atoms with Crippen molar-refractivity contribution < 1.29 is 0 Å². The first kappa shape index (κ1) is 8.61. The summed E-state index contributed by atoms with van der Waals surface area (Å²) in [6.07, 6.45) is 5.96. The van der Waals surface area contributed by atoms with Crippen LogP contribution in [0.5, 0.6) is 0 Å². The molecule has 0 amide bonds. The van der Waals surface area contributed by atoms with Gasteiger partial charge in [-0.25, -0.2) is 4.98 Å². The molecule has 0 aliphatic carbocycles. The number of hydrogen-bond acceptors (Lipinski definition) is 3. The van der Waals surface area contributed by atoms with Gasteiger partial charge in [-0.3, -0.25) is 4.98 Å². The maximum absolute atomic E-state index is 4.53. The Kier molecular flexibility index (Phi) is 1.82. The number of aromatic nitrogens is 3. The molecule has 3 aromatic heterocycles. The molecule has 15 heavy (non-hydrogen) atoms. The first-order valence-corrected chi connectivity index (χ1v) is 5.55. The highest BCUT2D eigenvalue weighted by molar-refractivity contribution is 7.13. The lowest BCUT2D eigenvalue weighted by molar-refractivity contribution is 1.16. The molecule has 0 saturated carbocycles. The van der Waals surface area contributed by atoms with E-state index in [1.807, 2.05) is 28.4 Å². The second-order valence-corrected chi connectivity index (χ2v) is 4.35. The highest BCUT2D eigenvalue weighted by Crippen LogP contribution is 2.22. The first-order valence-electron chi connectivity index (χ1n) is 4.67. The number of rotatable bonds is 1. The van der Waals surface area contributed by atoms with E-state index in [2.05, 4.69) is 29.2 Å². The molecule has 0 aliphatic rings. The normalized spacial score (nSPS) is 11.0. The third kappa shape index (κ3) is 1.43. The van der Waals surface area contributed by atoms with Gasteiger partial charge >= 0.3 is 0 Å². The molecule has 0 spiro atoms. The number of aryl methyl sites for hydroxylation is 1. The van der Waals surface area contributed by atoms with Crippen molar-refractivity contribution in [2.45, 2.75) is 6.92 Å². The molecule has 0 bridgehead atoms. The summed E-state index contributed by atoms with van der Waals surface area (Å²) in [6.45, 7) is 2.08. The minimum absolute atomic E-state index is 0.976. The standard InChI is InChI=1S/C11H9N3S/c1-8-2-3-11-13-9(6-14(11)5-8)10-4-12-7-15-10/h2-7H,1H3. The summed E-state index contributed by atoms with van der Waals surface area (Å²) >= 11 is 1.61. The summed E-state index contributed by atoms with van der Waals surface area (Å²) in [5.41, 5.74) is 5.02. The summed E-state index contributed by atoms with van der Waals surface area (Å²) < 4.78 is 2.05. The lowest BCUT2D eigenvalue weighted by Gasteiger charge is -1.92.